The number of carbonyl (C=O) groups is 1. The molecule has 0 aromatic heterocycles. The van der Waals surface area contributed by atoms with Gasteiger partial charge in [0.2, 0.25) is 0 Å². The minimum atomic E-state index is -3.15. The normalized spacial score (nSPS) is 12.9. The lowest BCUT2D eigenvalue weighted by molar-refractivity contribution is -0.132. The topological polar surface area (TPSA) is 72.8 Å². The Kier molecular flexibility index (Phi) is 6.48. The SMILES string of the molecule is CCOP(=O)(CC=C(C)C(=O)O)OCC. The quantitative estimate of drug-likeness (QED) is 0.542. The van der Waals surface area contributed by atoms with Crippen LogP contribution in [-0.4, -0.2) is 30.5 Å². The van der Waals surface area contributed by atoms with Gasteiger partial charge in [-0.1, -0.05) is 6.08 Å². The van der Waals surface area contributed by atoms with E-state index in [1.807, 2.05) is 0 Å². The van der Waals surface area contributed by atoms with Crippen LogP contribution in [-0.2, 0) is 18.4 Å². The van der Waals surface area contributed by atoms with Gasteiger partial charge in [0.25, 0.3) is 0 Å². The second-order valence-electron chi connectivity index (χ2n) is 2.82. The highest BCUT2D eigenvalue weighted by atomic mass is 31.2. The third kappa shape index (κ3) is 5.72. The van der Waals surface area contributed by atoms with E-state index in [1.54, 1.807) is 13.8 Å². The van der Waals surface area contributed by atoms with Crippen LogP contribution in [0.5, 0.6) is 0 Å². The van der Waals surface area contributed by atoms with E-state index in [2.05, 4.69) is 0 Å². The van der Waals surface area contributed by atoms with E-state index in [0.29, 0.717) is 0 Å². The minimum Gasteiger partial charge on any atom is -0.478 e. The zero-order valence-corrected chi connectivity index (χ0v) is 10.1. The van der Waals surface area contributed by atoms with Gasteiger partial charge in [-0.05, 0) is 20.8 Å². The maximum absolute atomic E-state index is 11.9. The average molecular weight is 236 g/mol. The molecule has 0 heterocycles. The summed E-state index contributed by atoms with van der Waals surface area (Å²) in [6.45, 7) is 5.40. The molecule has 0 fully saturated rings. The second-order valence-corrected chi connectivity index (χ2v) is 4.92. The van der Waals surface area contributed by atoms with E-state index >= 15 is 0 Å². The molecule has 0 saturated carbocycles. The first kappa shape index (κ1) is 14.4. The number of carboxylic acid groups (broad SMARTS) is 1. The number of hydrogen-bond acceptors (Lipinski definition) is 4. The van der Waals surface area contributed by atoms with Crippen LogP contribution in [0.15, 0.2) is 11.6 Å². The van der Waals surface area contributed by atoms with Crippen LogP contribution >= 0.6 is 7.60 Å². The van der Waals surface area contributed by atoms with Gasteiger partial charge in [0.05, 0.1) is 19.4 Å². The predicted octanol–water partition coefficient (Wildman–Crippen LogP) is 2.28. The fraction of sp³-hybridized carbons (Fsp3) is 0.667. The molecule has 0 atom stereocenters. The number of allylic oxidation sites excluding steroid dienone is 1. The lowest BCUT2D eigenvalue weighted by atomic mass is 10.3. The molecule has 15 heavy (non-hydrogen) atoms. The van der Waals surface area contributed by atoms with Gasteiger partial charge in [0, 0.05) is 5.57 Å². The highest BCUT2D eigenvalue weighted by Crippen LogP contribution is 2.48. The van der Waals surface area contributed by atoms with Crippen LogP contribution in [0.25, 0.3) is 0 Å². The number of hydrogen-bond donors (Lipinski definition) is 1. The molecule has 0 amide bonds. The van der Waals surface area contributed by atoms with Crippen molar-refractivity contribution in [3.8, 4) is 0 Å². The smallest absolute Gasteiger partial charge is 0.334 e. The Labute approximate surface area is 89.6 Å². The molecular weight excluding hydrogens is 219 g/mol. The Hall–Kier alpha value is -0.640. The van der Waals surface area contributed by atoms with Crippen molar-refractivity contribution in [3.63, 3.8) is 0 Å². The largest absolute Gasteiger partial charge is 0.478 e. The van der Waals surface area contributed by atoms with Crippen molar-refractivity contribution >= 4 is 13.6 Å². The fourth-order valence-electron chi connectivity index (χ4n) is 0.872. The Bertz CT molecular complexity index is 274. The van der Waals surface area contributed by atoms with Gasteiger partial charge >= 0.3 is 13.6 Å². The molecule has 0 aliphatic heterocycles. The van der Waals surface area contributed by atoms with Crippen molar-refractivity contribution in [3.05, 3.63) is 11.6 Å². The molecule has 0 aliphatic carbocycles. The van der Waals surface area contributed by atoms with Crippen LogP contribution < -0.4 is 0 Å². The van der Waals surface area contributed by atoms with E-state index in [1.165, 1.54) is 13.0 Å². The van der Waals surface area contributed by atoms with Crippen LogP contribution in [0.4, 0.5) is 0 Å². The fourth-order valence-corrected chi connectivity index (χ4v) is 2.44. The maximum Gasteiger partial charge on any atom is 0.334 e. The summed E-state index contributed by atoms with van der Waals surface area (Å²) < 4.78 is 21.8. The molecule has 0 unspecified atom stereocenters. The Morgan fingerprint density at radius 2 is 1.80 bits per heavy atom. The summed E-state index contributed by atoms with van der Waals surface area (Å²) in [6, 6.07) is 0. The van der Waals surface area contributed by atoms with Gasteiger partial charge in [-0.15, -0.1) is 0 Å². The molecule has 0 rings (SSSR count). The Morgan fingerprint density at radius 1 is 1.33 bits per heavy atom. The number of aliphatic carboxylic acids is 1. The van der Waals surface area contributed by atoms with E-state index < -0.39 is 13.6 Å². The van der Waals surface area contributed by atoms with E-state index in [9.17, 15) is 9.36 Å². The van der Waals surface area contributed by atoms with Crippen molar-refractivity contribution in [2.45, 2.75) is 20.8 Å². The second kappa shape index (κ2) is 6.77. The lowest BCUT2D eigenvalue weighted by Gasteiger charge is -2.14. The van der Waals surface area contributed by atoms with Crippen LogP contribution in [0, 0.1) is 0 Å². The molecule has 88 valence electrons. The number of rotatable bonds is 7. The Morgan fingerprint density at radius 3 is 2.13 bits per heavy atom. The van der Waals surface area contributed by atoms with Crippen molar-refractivity contribution < 1.29 is 23.5 Å². The average Bonchev–Trinajstić information content (AvgIpc) is 2.15. The highest BCUT2D eigenvalue weighted by Gasteiger charge is 2.22. The standard InChI is InChI=1S/C9H17O5P/c1-4-13-15(12,14-5-2)7-6-8(3)9(10)11/h6H,4-5,7H2,1-3H3,(H,10,11). The predicted molar refractivity (Wildman–Crippen MR) is 57.1 cm³/mol. The summed E-state index contributed by atoms with van der Waals surface area (Å²) in [5.74, 6) is -1.03. The van der Waals surface area contributed by atoms with Crippen LogP contribution in [0.3, 0.4) is 0 Å². The van der Waals surface area contributed by atoms with Crippen molar-refractivity contribution in [2.75, 3.05) is 19.4 Å². The van der Waals surface area contributed by atoms with E-state index in [0.717, 1.165) is 0 Å². The van der Waals surface area contributed by atoms with Crippen LogP contribution in [0.1, 0.15) is 20.8 Å². The molecule has 0 saturated heterocycles. The summed E-state index contributed by atoms with van der Waals surface area (Å²) in [6.07, 6.45) is 1.35. The first-order chi connectivity index (χ1) is 6.95. The van der Waals surface area contributed by atoms with Crippen LogP contribution in [0.2, 0.25) is 0 Å². The first-order valence-electron chi connectivity index (χ1n) is 4.73. The van der Waals surface area contributed by atoms with Crippen molar-refractivity contribution in [1.29, 1.82) is 0 Å². The van der Waals surface area contributed by atoms with Gasteiger partial charge in [-0.3, -0.25) is 4.57 Å². The zero-order chi connectivity index (χ0) is 11.9. The minimum absolute atomic E-state index is 0.00713. The summed E-state index contributed by atoms with van der Waals surface area (Å²) in [4.78, 5) is 10.5. The van der Waals surface area contributed by atoms with E-state index in [4.69, 9.17) is 14.2 Å². The van der Waals surface area contributed by atoms with Gasteiger partial charge in [-0.25, -0.2) is 4.79 Å². The zero-order valence-electron chi connectivity index (χ0n) is 9.23. The van der Waals surface area contributed by atoms with Gasteiger partial charge in [-0.2, -0.15) is 0 Å². The molecule has 6 heteroatoms. The summed E-state index contributed by atoms with van der Waals surface area (Å²) in [5, 5.41) is 8.60. The third-order valence-corrected chi connectivity index (χ3v) is 3.54. The maximum atomic E-state index is 11.9. The third-order valence-electron chi connectivity index (χ3n) is 1.61. The van der Waals surface area contributed by atoms with E-state index in [-0.39, 0.29) is 24.9 Å². The lowest BCUT2D eigenvalue weighted by Crippen LogP contribution is -2.01. The summed E-state index contributed by atoms with van der Waals surface area (Å²) in [5.41, 5.74) is 0.134. The van der Waals surface area contributed by atoms with Gasteiger partial charge in [0.15, 0.2) is 0 Å². The van der Waals surface area contributed by atoms with Gasteiger partial charge < -0.3 is 14.2 Å². The van der Waals surface area contributed by atoms with Crippen molar-refractivity contribution in [1.82, 2.24) is 0 Å². The monoisotopic (exact) mass is 236 g/mol. The highest BCUT2D eigenvalue weighted by molar-refractivity contribution is 7.54. The molecule has 0 spiro atoms. The molecule has 5 nitrogen and oxygen atoms in total. The molecule has 0 bridgehead atoms. The van der Waals surface area contributed by atoms with Gasteiger partial charge in [0.1, 0.15) is 0 Å². The first-order valence-corrected chi connectivity index (χ1v) is 6.46. The molecule has 0 aromatic carbocycles. The summed E-state index contributed by atoms with van der Waals surface area (Å²) in [7, 11) is -3.15. The Balaban J connectivity index is 4.49. The summed E-state index contributed by atoms with van der Waals surface area (Å²) >= 11 is 0. The molecule has 0 aliphatic rings. The molecule has 0 aromatic rings. The van der Waals surface area contributed by atoms with Crippen molar-refractivity contribution in [2.24, 2.45) is 0 Å². The number of carboxylic acids is 1. The molecule has 1 N–H and O–H groups in total. The molecule has 0 radical (unpaired) electrons. The molecular formula is C9H17O5P.